The maximum Gasteiger partial charge on any atom is 0.406 e. The number of hydrogen-bond acceptors (Lipinski definition) is 2. The normalized spacial score (nSPS) is 13.5. The van der Waals surface area contributed by atoms with Crippen LogP contribution in [0, 0.1) is 0 Å². The van der Waals surface area contributed by atoms with Crippen LogP contribution in [0.3, 0.4) is 0 Å². The van der Waals surface area contributed by atoms with Crippen LogP contribution in [0.5, 0.6) is 0 Å². The molecule has 0 aliphatic rings. The maximum atomic E-state index is 12.2. The van der Waals surface area contributed by atoms with E-state index in [1.54, 1.807) is 6.92 Å². The topological polar surface area (TPSA) is 60.0 Å². The molecule has 0 aromatic carbocycles. The fourth-order valence-electron chi connectivity index (χ4n) is 1.30. The van der Waals surface area contributed by atoms with E-state index < -0.39 is 18.6 Å². The van der Waals surface area contributed by atoms with E-state index in [4.69, 9.17) is 5.73 Å². The number of nitrogens with one attached hydrogen (secondary N) is 1. The second-order valence-corrected chi connectivity index (χ2v) is 3.82. The standard InChI is InChI=1S/C10H14F3N3O/c1-7(14)5-15-9(17)8-3-2-4-16(8)6-10(11,12)13/h2-4,7H,5-6,14H2,1H3,(H,15,17). The van der Waals surface area contributed by atoms with Gasteiger partial charge in [0.2, 0.25) is 0 Å². The van der Waals surface area contributed by atoms with Crippen molar-refractivity contribution in [2.75, 3.05) is 6.54 Å². The number of nitrogens with two attached hydrogens (primary N) is 1. The molecule has 0 fully saturated rings. The first-order valence-corrected chi connectivity index (χ1v) is 5.05. The van der Waals surface area contributed by atoms with Crippen LogP contribution in [0.25, 0.3) is 0 Å². The van der Waals surface area contributed by atoms with Gasteiger partial charge in [-0.2, -0.15) is 13.2 Å². The summed E-state index contributed by atoms with van der Waals surface area (Å²) >= 11 is 0. The highest BCUT2D eigenvalue weighted by Gasteiger charge is 2.29. The Balaban J connectivity index is 2.71. The third-order valence-corrected chi connectivity index (χ3v) is 2.00. The molecule has 0 aliphatic carbocycles. The van der Waals surface area contributed by atoms with Crippen LogP contribution < -0.4 is 11.1 Å². The lowest BCUT2D eigenvalue weighted by atomic mass is 10.3. The van der Waals surface area contributed by atoms with Crippen LogP contribution in [0.4, 0.5) is 13.2 Å². The summed E-state index contributed by atoms with van der Waals surface area (Å²) in [4.78, 5) is 11.6. The van der Waals surface area contributed by atoms with Crippen LogP contribution in [0.2, 0.25) is 0 Å². The number of carbonyl (C=O) groups is 1. The fraction of sp³-hybridized carbons (Fsp3) is 0.500. The molecule has 1 aromatic rings. The van der Waals surface area contributed by atoms with Gasteiger partial charge < -0.3 is 15.6 Å². The fourth-order valence-corrected chi connectivity index (χ4v) is 1.30. The van der Waals surface area contributed by atoms with Gasteiger partial charge in [0.25, 0.3) is 5.91 Å². The van der Waals surface area contributed by atoms with E-state index in [1.165, 1.54) is 18.3 Å². The molecule has 4 nitrogen and oxygen atoms in total. The van der Waals surface area contributed by atoms with E-state index >= 15 is 0 Å². The van der Waals surface area contributed by atoms with Gasteiger partial charge in [0.1, 0.15) is 12.2 Å². The van der Waals surface area contributed by atoms with Gasteiger partial charge in [0.15, 0.2) is 0 Å². The SMILES string of the molecule is CC(N)CNC(=O)c1cccn1CC(F)(F)F. The second kappa shape index (κ2) is 5.22. The van der Waals surface area contributed by atoms with Crippen molar-refractivity contribution in [1.82, 2.24) is 9.88 Å². The van der Waals surface area contributed by atoms with E-state index in [9.17, 15) is 18.0 Å². The largest absolute Gasteiger partial charge is 0.406 e. The van der Waals surface area contributed by atoms with Gasteiger partial charge in [-0.25, -0.2) is 0 Å². The van der Waals surface area contributed by atoms with Gasteiger partial charge in [-0.05, 0) is 19.1 Å². The van der Waals surface area contributed by atoms with Crippen LogP contribution >= 0.6 is 0 Å². The molecule has 1 rings (SSSR count). The third kappa shape index (κ3) is 4.48. The molecule has 0 radical (unpaired) electrons. The molecule has 0 bridgehead atoms. The minimum atomic E-state index is -4.35. The second-order valence-electron chi connectivity index (χ2n) is 3.82. The molecule has 0 aliphatic heterocycles. The molecular formula is C10H14F3N3O. The summed E-state index contributed by atoms with van der Waals surface area (Å²) in [7, 11) is 0. The Labute approximate surface area is 96.6 Å². The molecule has 1 atom stereocenters. The summed E-state index contributed by atoms with van der Waals surface area (Å²) in [6.45, 7) is 0.728. The Kier molecular flexibility index (Phi) is 4.17. The number of rotatable bonds is 4. The van der Waals surface area contributed by atoms with Crippen molar-refractivity contribution in [3.8, 4) is 0 Å². The minimum absolute atomic E-state index is 0.0250. The van der Waals surface area contributed by atoms with E-state index in [2.05, 4.69) is 5.32 Å². The highest BCUT2D eigenvalue weighted by Crippen LogP contribution is 2.18. The molecule has 0 spiro atoms. The molecule has 0 saturated heterocycles. The number of nitrogens with zero attached hydrogens (tertiary/aromatic N) is 1. The highest BCUT2D eigenvalue weighted by atomic mass is 19.4. The van der Waals surface area contributed by atoms with Crippen molar-refractivity contribution in [2.45, 2.75) is 25.7 Å². The van der Waals surface area contributed by atoms with Crippen molar-refractivity contribution in [3.63, 3.8) is 0 Å². The zero-order valence-corrected chi connectivity index (χ0v) is 9.29. The minimum Gasteiger partial charge on any atom is -0.349 e. The zero-order valence-electron chi connectivity index (χ0n) is 9.29. The molecule has 1 aromatic heterocycles. The number of alkyl halides is 3. The predicted octanol–water partition coefficient (Wildman–Crippen LogP) is 1.13. The summed E-state index contributed by atoms with van der Waals surface area (Å²) in [5, 5.41) is 2.46. The summed E-state index contributed by atoms with van der Waals surface area (Å²) in [5.41, 5.74) is 5.41. The van der Waals surface area contributed by atoms with Gasteiger partial charge in [-0.1, -0.05) is 0 Å². The predicted molar refractivity (Wildman–Crippen MR) is 56.5 cm³/mol. The number of hydrogen-bond donors (Lipinski definition) is 2. The van der Waals surface area contributed by atoms with Gasteiger partial charge in [-0.3, -0.25) is 4.79 Å². The van der Waals surface area contributed by atoms with Crippen molar-refractivity contribution < 1.29 is 18.0 Å². The average Bonchev–Trinajstić information content (AvgIpc) is 2.59. The quantitative estimate of drug-likeness (QED) is 0.840. The lowest BCUT2D eigenvalue weighted by Gasteiger charge is -2.12. The number of halogens is 3. The van der Waals surface area contributed by atoms with Crippen molar-refractivity contribution in [3.05, 3.63) is 24.0 Å². The zero-order chi connectivity index (χ0) is 13.1. The molecule has 1 unspecified atom stereocenters. The lowest BCUT2D eigenvalue weighted by Crippen LogP contribution is -2.36. The van der Waals surface area contributed by atoms with Crippen molar-refractivity contribution in [2.24, 2.45) is 5.73 Å². The molecule has 0 saturated carbocycles. The molecule has 96 valence electrons. The van der Waals surface area contributed by atoms with Crippen molar-refractivity contribution in [1.29, 1.82) is 0 Å². The van der Waals surface area contributed by atoms with Gasteiger partial charge in [0.05, 0.1) is 0 Å². The summed E-state index contributed by atoms with van der Waals surface area (Å²) in [6.07, 6.45) is -3.14. The average molecular weight is 249 g/mol. The Morgan fingerprint density at radius 3 is 2.76 bits per heavy atom. The summed E-state index contributed by atoms with van der Waals surface area (Å²) in [6, 6.07) is 2.49. The molecule has 7 heteroatoms. The number of aromatic nitrogens is 1. The Bertz CT molecular complexity index is 384. The first-order valence-electron chi connectivity index (χ1n) is 5.05. The van der Waals surface area contributed by atoms with Crippen LogP contribution in [-0.4, -0.2) is 29.2 Å². The van der Waals surface area contributed by atoms with Gasteiger partial charge in [-0.15, -0.1) is 0 Å². The monoisotopic (exact) mass is 249 g/mol. The Hall–Kier alpha value is -1.50. The van der Waals surface area contributed by atoms with Crippen molar-refractivity contribution >= 4 is 5.91 Å². The van der Waals surface area contributed by atoms with Gasteiger partial charge in [0, 0.05) is 18.8 Å². The first kappa shape index (κ1) is 13.6. The van der Waals surface area contributed by atoms with Crippen LogP contribution in [-0.2, 0) is 6.54 Å². The summed E-state index contributed by atoms with van der Waals surface area (Å²) in [5.74, 6) is -0.559. The molecule has 1 heterocycles. The lowest BCUT2D eigenvalue weighted by molar-refractivity contribution is -0.140. The maximum absolute atomic E-state index is 12.2. The Morgan fingerprint density at radius 1 is 1.59 bits per heavy atom. The molecular weight excluding hydrogens is 235 g/mol. The summed E-state index contributed by atoms with van der Waals surface area (Å²) < 4.78 is 37.5. The number of carbonyl (C=O) groups excluding carboxylic acids is 1. The van der Waals surface area contributed by atoms with E-state index in [0.717, 1.165) is 4.57 Å². The highest BCUT2D eigenvalue weighted by molar-refractivity contribution is 5.92. The van der Waals surface area contributed by atoms with E-state index in [0.29, 0.717) is 0 Å². The molecule has 17 heavy (non-hydrogen) atoms. The molecule has 1 amide bonds. The van der Waals surface area contributed by atoms with E-state index in [1.807, 2.05) is 0 Å². The van der Waals surface area contributed by atoms with Crippen LogP contribution in [0.15, 0.2) is 18.3 Å². The Morgan fingerprint density at radius 2 is 2.24 bits per heavy atom. The van der Waals surface area contributed by atoms with Crippen LogP contribution in [0.1, 0.15) is 17.4 Å². The number of amides is 1. The smallest absolute Gasteiger partial charge is 0.349 e. The molecule has 3 N–H and O–H groups in total. The van der Waals surface area contributed by atoms with Gasteiger partial charge >= 0.3 is 6.18 Å². The third-order valence-electron chi connectivity index (χ3n) is 2.00. The van der Waals surface area contributed by atoms with E-state index in [-0.39, 0.29) is 18.3 Å². The first-order chi connectivity index (χ1) is 7.79.